The maximum Gasteiger partial charge on any atom is 0.321 e. The summed E-state index contributed by atoms with van der Waals surface area (Å²) < 4.78 is 0. The Morgan fingerprint density at radius 2 is 2.38 bits per heavy atom. The molecule has 13 heavy (non-hydrogen) atoms. The molecule has 0 spiro atoms. The molecule has 0 aromatic carbocycles. The van der Waals surface area contributed by atoms with Gasteiger partial charge in [0.15, 0.2) is 0 Å². The van der Waals surface area contributed by atoms with Crippen molar-refractivity contribution in [2.24, 2.45) is 11.7 Å². The van der Waals surface area contributed by atoms with Crippen LogP contribution in [0.4, 0.5) is 0 Å². The van der Waals surface area contributed by atoms with Crippen LogP contribution in [0.2, 0.25) is 0 Å². The van der Waals surface area contributed by atoms with Crippen LogP contribution in [0, 0.1) is 5.92 Å². The number of nitrogens with two attached hydrogens (primary N) is 1. The van der Waals surface area contributed by atoms with Crippen LogP contribution in [0.25, 0.3) is 0 Å². The zero-order valence-electron chi connectivity index (χ0n) is 7.99. The van der Waals surface area contributed by atoms with Gasteiger partial charge in [0.05, 0.1) is 0 Å². The lowest BCUT2D eigenvalue weighted by molar-refractivity contribution is -0.138. The van der Waals surface area contributed by atoms with E-state index in [-0.39, 0.29) is 0 Å². The summed E-state index contributed by atoms with van der Waals surface area (Å²) in [7, 11) is 0. The molecule has 4 nitrogen and oxygen atoms in total. The van der Waals surface area contributed by atoms with Crippen molar-refractivity contribution < 1.29 is 9.90 Å². The number of carboxylic acids is 1. The molecule has 1 saturated carbocycles. The highest BCUT2D eigenvalue weighted by Crippen LogP contribution is 2.24. The molecule has 4 N–H and O–H groups in total. The second kappa shape index (κ2) is 4.58. The molecule has 0 aromatic rings. The van der Waals surface area contributed by atoms with E-state index in [4.69, 9.17) is 10.8 Å². The van der Waals surface area contributed by atoms with E-state index < -0.39 is 12.0 Å². The van der Waals surface area contributed by atoms with Gasteiger partial charge in [-0.15, -0.1) is 0 Å². The summed E-state index contributed by atoms with van der Waals surface area (Å²) >= 11 is 0. The van der Waals surface area contributed by atoms with E-state index in [1.54, 1.807) is 0 Å². The van der Waals surface area contributed by atoms with E-state index in [1.165, 1.54) is 12.8 Å². The molecule has 1 rings (SSSR count). The van der Waals surface area contributed by atoms with Crippen molar-refractivity contribution in [1.29, 1.82) is 0 Å². The Bertz CT molecular complexity index is 184. The number of hydrogen-bond acceptors (Lipinski definition) is 3. The number of hydrogen-bond donors (Lipinski definition) is 3. The van der Waals surface area contributed by atoms with Crippen molar-refractivity contribution in [3.8, 4) is 0 Å². The van der Waals surface area contributed by atoms with E-state index in [2.05, 4.69) is 12.2 Å². The van der Waals surface area contributed by atoms with Gasteiger partial charge in [0.25, 0.3) is 0 Å². The third-order valence-electron chi connectivity index (χ3n) is 2.78. The first-order chi connectivity index (χ1) is 6.11. The van der Waals surface area contributed by atoms with Gasteiger partial charge in [0, 0.05) is 12.6 Å². The first-order valence-electron chi connectivity index (χ1n) is 4.83. The van der Waals surface area contributed by atoms with Gasteiger partial charge >= 0.3 is 5.97 Å². The molecule has 1 aliphatic rings. The molecule has 3 unspecified atom stereocenters. The summed E-state index contributed by atoms with van der Waals surface area (Å²) in [4.78, 5) is 10.4. The van der Waals surface area contributed by atoms with Crippen molar-refractivity contribution in [2.75, 3.05) is 6.54 Å². The first kappa shape index (κ1) is 10.5. The summed E-state index contributed by atoms with van der Waals surface area (Å²) in [5, 5.41) is 11.8. The fourth-order valence-corrected chi connectivity index (χ4v) is 1.81. The highest BCUT2D eigenvalue weighted by Gasteiger charge is 2.23. The predicted octanol–water partition coefficient (Wildman–Crippen LogP) is 0.177. The largest absolute Gasteiger partial charge is 0.480 e. The van der Waals surface area contributed by atoms with E-state index in [9.17, 15) is 4.79 Å². The number of carboxylic acid groups (broad SMARTS) is 1. The second-order valence-electron chi connectivity index (χ2n) is 3.87. The fraction of sp³-hybridized carbons (Fsp3) is 0.889. The lowest BCUT2D eigenvalue weighted by Gasteiger charge is -2.18. The first-order valence-corrected chi connectivity index (χ1v) is 4.83. The maximum absolute atomic E-state index is 10.4. The topological polar surface area (TPSA) is 75.3 Å². The van der Waals surface area contributed by atoms with Crippen LogP contribution >= 0.6 is 0 Å². The molecule has 0 aliphatic heterocycles. The van der Waals surface area contributed by atoms with Crippen LogP contribution in [0.5, 0.6) is 0 Å². The van der Waals surface area contributed by atoms with Crippen LogP contribution in [-0.2, 0) is 4.79 Å². The molecule has 0 amide bonds. The van der Waals surface area contributed by atoms with Gasteiger partial charge in [0.2, 0.25) is 0 Å². The van der Waals surface area contributed by atoms with E-state index in [0.717, 1.165) is 6.42 Å². The Kier molecular flexibility index (Phi) is 3.69. The van der Waals surface area contributed by atoms with Crippen molar-refractivity contribution in [3.05, 3.63) is 0 Å². The number of aliphatic carboxylic acids is 1. The molecule has 1 aliphatic carbocycles. The monoisotopic (exact) mass is 186 g/mol. The smallest absolute Gasteiger partial charge is 0.321 e. The van der Waals surface area contributed by atoms with E-state index in [1.807, 2.05) is 0 Å². The van der Waals surface area contributed by atoms with Gasteiger partial charge in [-0.05, 0) is 18.8 Å². The SMILES string of the molecule is CC1CCCC1NCC(N)C(=O)O. The molecular weight excluding hydrogens is 168 g/mol. The zero-order valence-corrected chi connectivity index (χ0v) is 7.99. The van der Waals surface area contributed by atoms with Gasteiger partial charge in [-0.1, -0.05) is 13.3 Å². The molecule has 0 heterocycles. The lowest BCUT2D eigenvalue weighted by Crippen LogP contribution is -2.44. The predicted molar refractivity (Wildman–Crippen MR) is 50.4 cm³/mol. The van der Waals surface area contributed by atoms with E-state index in [0.29, 0.717) is 18.5 Å². The van der Waals surface area contributed by atoms with Crippen LogP contribution in [0.3, 0.4) is 0 Å². The minimum atomic E-state index is -0.932. The third-order valence-corrected chi connectivity index (χ3v) is 2.78. The Hall–Kier alpha value is -0.610. The standard InChI is InChI=1S/C9H18N2O2/c1-6-3-2-4-8(6)11-5-7(10)9(12)13/h6-8,11H,2-5,10H2,1H3,(H,12,13). The summed E-state index contributed by atoms with van der Waals surface area (Å²) in [6, 6.07) is -0.307. The van der Waals surface area contributed by atoms with Crippen molar-refractivity contribution in [1.82, 2.24) is 5.32 Å². The molecule has 76 valence electrons. The Morgan fingerprint density at radius 1 is 1.69 bits per heavy atom. The van der Waals surface area contributed by atoms with Crippen molar-refractivity contribution in [2.45, 2.75) is 38.3 Å². The van der Waals surface area contributed by atoms with Crippen molar-refractivity contribution >= 4 is 5.97 Å². The molecule has 3 atom stereocenters. The fourth-order valence-electron chi connectivity index (χ4n) is 1.81. The maximum atomic E-state index is 10.4. The average Bonchev–Trinajstić information content (AvgIpc) is 2.47. The minimum Gasteiger partial charge on any atom is -0.480 e. The zero-order chi connectivity index (χ0) is 9.84. The van der Waals surface area contributed by atoms with Crippen molar-refractivity contribution in [3.63, 3.8) is 0 Å². The second-order valence-corrected chi connectivity index (χ2v) is 3.87. The summed E-state index contributed by atoms with van der Waals surface area (Å²) in [5.41, 5.74) is 5.38. The van der Waals surface area contributed by atoms with Gasteiger partial charge < -0.3 is 16.2 Å². The summed E-state index contributed by atoms with van der Waals surface area (Å²) in [5.74, 6) is -0.279. The van der Waals surface area contributed by atoms with Crippen LogP contribution < -0.4 is 11.1 Å². The normalized spacial score (nSPS) is 30.3. The van der Waals surface area contributed by atoms with Crippen LogP contribution in [0.15, 0.2) is 0 Å². The summed E-state index contributed by atoms with van der Waals surface area (Å²) in [6.45, 7) is 2.57. The molecular formula is C9H18N2O2. The average molecular weight is 186 g/mol. The molecule has 0 saturated heterocycles. The quantitative estimate of drug-likeness (QED) is 0.585. The lowest BCUT2D eigenvalue weighted by atomic mass is 10.1. The number of nitrogens with one attached hydrogen (secondary N) is 1. The molecule has 4 heteroatoms. The van der Waals surface area contributed by atoms with Gasteiger partial charge in [-0.25, -0.2) is 0 Å². The van der Waals surface area contributed by atoms with Gasteiger partial charge in [-0.2, -0.15) is 0 Å². The summed E-state index contributed by atoms with van der Waals surface area (Å²) in [6.07, 6.45) is 3.62. The van der Waals surface area contributed by atoms with Crippen LogP contribution in [-0.4, -0.2) is 29.7 Å². The number of rotatable bonds is 4. The Morgan fingerprint density at radius 3 is 2.85 bits per heavy atom. The highest BCUT2D eigenvalue weighted by atomic mass is 16.4. The molecule has 0 aromatic heterocycles. The Labute approximate surface area is 78.5 Å². The van der Waals surface area contributed by atoms with Crippen LogP contribution in [0.1, 0.15) is 26.2 Å². The molecule has 1 fully saturated rings. The molecule has 0 bridgehead atoms. The van der Waals surface area contributed by atoms with Gasteiger partial charge in [0.1, 0.15) is 6.04 Å². The third kappa shape index (κ3) is 2.97. The Balaban J connectivity index is 2.22. The molecule has 0 radical (unpaired) electrons. The van der Waals surface area contributed by atoms with E-state index >= 15 is 0 Å². The minimum absolute atomic E-state index is 0.379. The highest BCUT2D eigenvalue weighted by molar-refractivity contribution is 5.73. The van der Waals surface area contributed by atoms with Gasteiger partial charge in [-0.3, -0.25) is 4.79 Å². The number of carbonyl (C=O) groups is 1.